The average Bonchev–Trinajstić information content (AvgIpc) is 2.84. The van der Waals surface area contributed by atoms with Crippen LogP contribution in [0.2, 0.25) is 5.02 Å². The van der Waals surface area contributed by atoms with Crippen LogP contribution in [-0.2, 0) is 17.5 Å². The smallest absolute Gasteiger partial charge is 0.340 e. The highest BCUT2D eigenvalue weighted by Crippen LogP contribution is 2.30. The first-order chi connectivity index (χ1) is 13.7. The van der Waals surface area contributed by atoms with Crippen molar-refractivity contribution in [3.05, 3.63) is 70.2 Å². The van der Waals surface area contributed by atoms with Crippen LogP contribution in [0.3, 0.4) is 0 Å². The van der Waals surface area contributed by atoms with Gasteiger partial charge in [0.2, 0.25) is 5.91 Å². The highest BCUT2D eigenvalue weighted by molar-refractivity contribution is 6.30. The lowest BCUT2D eigenvalue weighted by molar-refractivity contribution is -0.137. The van der Waals surface area contributed by atoms with Crippen LogP contribution in [0.5, 0.6) is 0 Å². The van der Waals surface area contributed by atoms with Crippen molar-refractivity contribution in [3.63, 3.8) is 0 Å². The van der Waals surface area contributed by atoms with Crippen molar-refractivity contribution in [1.82, 2.24) is 10.2 Å². The van der Waals surface area contributed by atoms with Crippen LogP contribution in [0, 0.1) is 0 Å². The van der Waals surface area contributed by atoms with Crippen molar-refractivity contribution in [2.45, 2.75) is 38.0 Å². The summed E-state index contributed by atoms with van der Waals surface area (Å²) in [5.74, 6) is -0.678. The van der Waals surface area contributed by atoms with Gasteiger partial charge in [0, 0.05) is 23.7 Å². The molecule has 8 heteroatoms. The van der Waals surface area contributed by atoms with Gasteiger partial charge < -0.3 is 10.2 Å². The van der Waals surface area contributed by atoms with Crippen molar-refractivity contribution >= 4 is 23.4 Å². The molecule has 0 aromatic heterocycles. The number of amides is 2. The summed E-state index contributed by atoms with van der Waals surface area (Å²) in [6.45, 7) is 0.498. The van der Waals surface area contributed by atoms with E-state index in [0.717, 1.165) is 25.0 Å². The van der Waals surface area contributed by atoms with E-state index in [-0.39, 0.29) is 18.4 Å². The van der Waals surface area contributed by atoms with Crippen LogP contribution in [0.25, 0.3) is 0 Å². The minimum Gasteiger partial charge on any atom is -0.340 e. The van der Waals surface area contributed by atoms with Crippen LogP contribution in [0.4, 0.5) is 13.2 Å². The van der Waals surface area contributed by atoms with Crippen LogP contribution < -0.4 is 5.32 Å². The highest BCUT2D eigenvalue weighted by Gasteiger charge is 2.32. The molecule has 29 heavy (non-hydrogen) atoms. The summed E-state index contributed by atoms with van der Waals surface area (Å²) in [6, 6.07) is 10.6. The molecule has 1 heterocycles. The Morgan fingerprint density at radius 3 is 2.55 bits per heavy atom. The first kappa shape index (κ1) is 21.2. The third-order valence-corrected chi connectivity index (χ3v) is 5.07. The second-order valence-electron chi connectivity index (χ2n) is 6.99. The van der Waals surface area contributed by atoms with Gasteiger partial charge in [-0.25, -0.2) is 0 Å². The SMILES string of the molecule is O=C(NC1CCCCN(Cc2cccc(C(F)(F)F)c2)C1=O)c1ccc(Cl)cc1. The van der Waals surface area contributed by atoms with Gasteiger partial charge in [0.15, 0.2) is 0 Å². The molecule has 0 spiro atoms. The number of likely N-dealkylation sites (tertiary alicyclic amines) is 1. The number of nitrogens with zero attached hydrogens (tertiary/aromatic N) is 1. The summed E-state index contributed by atoms with van der Waals surface area (Å²) < 4.78 is 38.8. The molecule has 1 saturated heterocycles. The number of nitrogens with one attached hydrogen (secondary N) is 1. The molecule has 1 N–H and O–H groups in total. The first-order valence-corrected chi connectivity index (χ1v) is 9.63. The summed E-state index contributed by atoms with van der Waals surface area (Å²) >= 11 is 5.83. The molecule has 1 aliphatic rings. The Balaban J connectivity index is 1.71. The third kappa shape index (κ3) is 5.50. The Morgan fingerprint density at radius 2 is 1.86 bits per heavy atom. The van der Waals surface area contributed by atoms with Crippen molar-refractivity contribution < 1.29 is 22.8 Å². The normalized spacial score (nSPS) is 17.7. The van der Waals surface area contributed by atoms with Crippen LogP contribution in [0.15, 0.2) is 48.5 Å². The maximum absolute atomic E-state index is 12.9. The minimum atomic E-state index is -4.44. The molecule has 3 rings (SSSR count). The van der Waals surface area contributed by atoms with E-state index in [9.17, 15) is 22.8 Å². The molecule has 1 unspecified atom stereocenters. The van der Waals surface area contributed by atoms with E-state index in [1.54, 1.807) is 30.3 Å². The van der Waals surface area contributed by atoms with E-state index in [1.807, 2.05) is 0 Å². The predicted molar refractivity (Wildman–Crippen MR) is 103 cm³/mol. The summed E-state index contributed by atoms with van der Waals surface area (Å²) in [5.41, 5.74) is 0.0404. The maximum atomic E-state index is 12.9. The number of hydrogen-bond donors (Lipinski definition) is 1. The average molecular weight is 425 g/mol. The lowest BCUT2D eigenvalue weighted by Crippen LogP contribution is -2.47. The van der Waals surface area contributed by atoms with Crippen molar-refractivity contribution in [3.8, 4) is 0 Å². The molecular weight excluding hydrogens is 405 g/mol. The number of halogens is 4. The van der Waals surface area contributed by atoms with E-state index < -0.39 is 17.8 Å². The van der Waals surface area contributed by atoms with Crippen LogP contribution in [-0.4, -0.2) is 29.3 Å². The molecule has 2 amide bonds. The molecule has 2 aromatic rings. The van der Waals surface area contributed by atoms with Gasteiger partial charge in [-0.2, -0.15) is 13.2 Å². The number of hydrogen-bond acceptors (Lipinski definition) is 2. The fourth-order valence-electron chi connectivity index (χ4n) is 3.31. The van der Waals surface area contributed by atoms with Crippen molar-refractivity contribution in [1.29, 1.82) is 0 Å². The fraction of sp³-hybridized carbons (Fsp3) is 0.333. The van der Waals surface area contributed by atoms with Gasteiger partial charge in [-0.1, -0.05) is 23.7 Å². The third-order valence-electron chi connectivity index (χ3n) is 4.82. The lowest BCUT2D eigenvalue weighted by Gasteiger charge is -2.25. The summed E-state index contributed by atoms with van der Waals surface area (Å²) in [4.78, 5) is 26.9. The van der Waals surface area contributed by atoms with E-state index in [2.05, 4.69) is 5.32 Å². The highest BCUT2D eigenvalue weighted by atomic mass is 35.5. The Morgan fingerprint density at radius 1 is 1.14 bits per heavy atom. The van der Waals surface area contributed by atoms with Crippen molar-refractivity contribution in [2.75, 3.05) is 6.54 Å². The Hall–Kier alpha value is -2.54. The number of benzene rings is 2. The zero-order valence-electron chi connectivity index (χ0n) is 15.5. The molecule has 0 bridgehead atoms. The zero-order chi connectivity index (χ0) is 21.0. The van der Waals surface area contributed by atoms with Crippen LogP contribution in [0.1, 0.15) is 40.7 Å². The molecule has 154 valence electrons. The molecule has 1 aliphatic heterocycles. The number of alkyl halides is 3. The van der Waals surface area contributed by atoms with Gasteiger partial charge in [0.1, 0.15) is 6.04 Å². The quantitative estimate of drug-likeness (QED) is 0.775. The molecule has 4 nitrogen and oxygen atoms in total. The summed E-state index contributed by atoms with van der Waals surface area (Å²) in [6.07, 6.45) is -2.50. The van der Waals surface area contributed by atoms with Crippen LogP contribution >= 0.6 is 11.6 Å². The van der Waals surface area contributed by atoms with E-state index in [0.29, 0.717) is 29.1 Å². The Kier molecular flexibility index (Phi) is 6.47. The topological polar surface area (TPSA) is 49.4 Å². The largest absolute Gasteiger partial charge is 0.416 e. The monoisotopic (exact) mass is 424 g/mol. The maximum Gasteiger partial charge on any atom is 0.416 e. The lowest BCUT2D eigenvalue weighted by atomic mass is 10.1. The van der Waals surface area contributed by atoms with Gasteiger partial charge in [-0.15, -0.1) is 0 Å². The Bertz CT molecular complexity index is 884. The van der Waals surface area contributed by atoms with Gasteiger partial charge >= 0.3 is 6.18 Å². The molecule has 1 fully saturated rings. The van der Waals surface area contributed by atoms with E-state index >= 15 is 0 Å². The first-order valence-electron chi connectivity index (χ1n) is 9.25. The summed E-state index contributed by atoms with van der Waals surface area (Å²) in [5, 5.41) is 3.24. The second-order valence-corrected chi connectivity index (χ2v) is 7.42. The molecular formula is C21H20ClF3N2O2. The van der Waals surface area contributed by atoms with E-state index in [4.69, 9.17) is 11.6 Å². The Labute approximate surface area is 171 Å². The molecule has 0 saturated carbocycles. The predicted octanol–water partition coefficient (Wildman–Crippen LogP) is 4.67. The number of carbonyl (C=O) groups excluding carboxylic acids is 2. The van der Waals surface area contributed by atoms with Gasteiger partial charge in [0.25, 0.3) is 5.91 Å². The minimum absolute atomic E-state index is 0.0655. The van der Waals surface area contributed by atoms with Gasteiger partial charge in [-0.3, -0.25) is 9.59 Å². The second kappa shape index (κ2) is 8.86. The van der Waals surface area contributed by atoms with Crippen molar-refractivity contribution in [2.24, 2.45) is 0 Å². The molecule has 0 radical (unpaired) electrons. The zero-order valence-corrected chi connectivity index (χ0v) is 16.3. The summed E-state index contributed by atoms with van der Waals surface area (Å²) in [7, 11) is 0. The molecule has 0 aliphatic carbocycles. The molecule has 1 atom stereocenters. The number of rotatable bonds is 4. The molecule has 2 aromatic carbocycles. The van der Waals surface area contributed by atoms with Gasteiger partial charge in [0.05, 0.1) is 5.56 Å². The van der Waals surface area contributed by atoms with E-state index in [1.165, 1.54) is 11.0 Å². The fourth-order valence-corrected chi connectivity index (χ4v) is 3.43. The van der Waals surface area contributed by atoms with Gasteiger partial charge in [-0.05, 0) is 61.2 Å². The standard InChI is InChI=1S/C21H20ClF3N2O2/c22-17-9-7-15(8-10-17)19(28)26-18-6-1-2-11-27(20(18)29)13-14-4-3-5-16(12-14)21(23,24)25/h3-5,7-10,12,18H,1-2,6,11,13H2,(H,26,28). The number of carbonyl (C=O) groups is 2.